The van der Waals surface area contributed by atoms with Crippen LogP contribution >= 0.6 is 27.5 Å². The first kappa shape index (κ1) is 14.7. The Morgan fingerprint density at radius 2 is 2.05 bits per heavy atom. The molecule has 104 valence electrons. The smallest absolute Gasteiger partial charge is 0.239 e. The van der Waals surface area contributed by atoms with Gasteiger partial charge >= 0.3 is 0 Å². The van der Waals surface area contributed by atoms with Gasteiger partial charge < -0.3 is 10.6 Å². The summed E-state index contributed by atoms with van der Waals surface area (Å²) < 4.78 is 0.866. The number of nitrogens with one attached hydrogen (secondary N) is 2. The van der Waals surface area contributed by atoms with Gasteiger partial charge in [0.05, 0.1) is 6.54 Å². The Morgan fingerprint density at radius 1 is 1.32 bits per heavy atom. The molecule has 0 atom stereocenters. The van der Waals surface area contributed by atoms with Gasteiger partial charge in [0.1, 0.15) is 0 Å². The summed E-state index contributed by atoms with van der Waals surface area (Å²) in [5.41, 5.74) is 0.878. The van der Waals surface area contributed by atoms with Crippen LogP contribution in [0.5, 0.6) is 0 Å². The van der Waals surface area contributed by atoms with Crippen LogP contribution in [-0.2, 0) is 4.79 Å². The van der Waals surface area contributed by atoms with Crippen LogP contribution < -0.4 is 10.6 Å². The quantitative estimate of drug-likeness (QED) is 0.867. The normalized spacial score (nSPS) is 16.1. The second-order valence-corrected chi connectivity index (χ2v) is 6.17. The number of halogens is 2. The fourth-order valence-electron chi connectivity index (χ4n) is 2.33. The molecule has 0 heterocycles. The molecular formula is C14H18BrClN2O. The van der Waals surface area contributed by atoms with E-state index >= 15 is 0 Å². The van der Waals surface area contributed by atoms with Gasteiger partial charge in [-0.15, -0.1) is 0 Å². The lowest BCUT2D eigenvalue weighted by atomic mass is 9.95. The van der Waals surface area contributed by atoms with E-state index in [1.165, 1.54) is 19.3 Å². The summed E-state index contributed by atoms with van der Waals surface area (Å²) in [5, 5.41) is 6.86. The average Bonchev–Trinajstić information content (AvgIpc) is 2.39. The Labute approximate surface area is 127 Å². The second-order valence-electron chi connectivity index (χ2n) is 4.88. The van der Waals surface area contributed by atoms with E-state index in [0.717, 1.165) is 23.0 Å². The van der Waals surface area contributed by atoms with Crippen molar-refractivity contribution < 1.29 is 4.79 Å². The molecule has 1 aromatic carbocycles. The molecule has 0 radical (unpaired) electrons. The van der Waals surface area contributed by atoms with E-state index in [2.05, 4.69) is 26.6 Å². The molecular weight excluding hydrogens is 328 g/mol. The number of rotatable bonds is 4. The molecule has 0 unspecified atom stereocenters. The molecule has 1 fully saturated rings. The van der Waals surface area contributed by atoms with Gasteiger partial charge in [-0.3, -0.25) is 4.79 Å². The summed E-state index contributed by atoms with van der Waals surface area (Å²) in [6.45, 7) is 0.288. The summed E-state index contributed by atoms with van der Waals surface area (Å²) in [6, 6.07) is 5.83. The van der Waals surface area contributed by atoms with Crippen LogP contribution in [0.15, 0.2) is 22.7 Å². The minimum absolute atomic E-state index is 0.0498. The van der Waals surface area contributed by atoms with Gasteiger partial charge in [-0.05, 0) is 47.0 Å². The van der Waals surface area contributed by atoms with Gasteiger partial charge in [0.15, 0.2) is 0 Å². The largest absolute Gasteiger partial charge is 0.375 e. The Kier molecular flexibility index (Phi) is 5.52. The van der Waals surface area contributed by atoms with E-state index in [1.807, 2.05) is 12.1 Å². The van der Waals surface area contributed by atoms with Crippen molar-refractivity contribution in [3.05, 3.63) is 27.7 Å². The molecule has 2 rings (SSSR count). The Morgan fingerprint density at radius 3 is 2.74 bits per heavy atom. The highest BCUT2D eigenvalue weighted by Crippen LogP contribution is 2.25. The molecule has 2 N–H and O–H groups in total. The third-order valence-electron chi connectivity index (χ3n) is 3.34. The fraction of sp³-hybridized carbons (Fsp3) is 0.500. The zero-order valence-corrected chi connectivity index (χ0v) is 13.1. The average molecular weight is 346 g/mol. The standard InChI is InChI=1S/C14H18BrClN2O/c15-12-8-10(16)6-7-13(12)17-9-14(19)18-11-4-2-1-3-5-11/h6-8,11,17H,1-5,9H2,(H,18,19). The minimum atomic E-state index is 0.0498. The minimum Gasteiger partial charge on any atom is -0.375 e. The highest BCUT2D eigenvalue weighted by Gasteiger charge is 2.15. The van der Waals surface area contributed by atoms with Crippen molar-refractivity contribution in [2.24, 2.45) is 0 Å². The predicted octanol–water partition coefficient (Wildman–Crippen LogP) is 3.96. The summed E-state index contributed by atoms with van der Waals surface area (Å²) in [4.78, 5) is 11.8. The zero-order valence-electron chi connectivity index (χ0n) is 10.7. The molecule has 0 spiro atoms. The number of amides is 1. The SMILES string of the molecule is O=C(CNc1ccc(Cl)cc1Br)NC1CCCCC1. The molecule has 0 aliphatic heterocycles. The molecule has 1 aliphatic carbocycles. The lowest BCUT2D eigenvalue weighted by molar-refractivity contribution is -0.120. The molecule has 1 amide bonds. The maximum absolute atomic E-state index is 11.8. The molecule has 5 heteroatoms. The number of benzene rings is 1. The summed E-state index contributed by atoms with van der Waals surface area (Å²) in [7, 11) is 0. The van der Waals surface area contributed by atoms with Crippen LogP contribution in [0.3, 0.4) is 0 Å². The lowest BCUT2D eigenvalue weighted by Gasteiger charge is -2.23. The molecule has 0 bridgehead atoms. The second kappa shape index (κ2) is 7.15. The van der Waals surface area contributed by atoms with Crippen LogP contribution in [0.1, 0.15) is 32.1 Å². The van der Waals surface area contributed by atoms with Crippen molar-refractivity contribution in [2.45, 2.75) is 38.1 Å². The first-order chi connectivity index (χ1) is 9.15. The molecule has 0 aromatic heterocycles. The first-order valence-electron chi connectivity index (χ1n) is 6.63. The van der Waals surface area contributed by atoms with Crippen LogP contribution in [0.4, 0.5) is 5.69 Å². The predicted molar refractivity (Wildman–Crippen MR) is 82.7 cm³/mol. The summed E-state index contributed by atoms with van der Waals surface area (Å²) >= 11 is 9.29. The van der Waals surface area contributed by atoms with Crippen molar-refractivity contribution in [3.8, 4) is 0 Å². The summed E-state index contributed by atoms with van der Waals surface area (Å²) in [5.74, 6) is 0.0498. The Hall–Kier alpha value is -0.740. The number of carbonyl (C=O) groups is 1. The molecule has 1 aliphatic rings. The Bertz CT molecular complexity index is 447. The van der Waals surface area contributed by atoms with Crippen LogP contribution in [0, 0.1) is 0 Å². The third kappa shape index (κ3) is 4.69. The van der Waals surface area contributed by atoms with Crippen molar-refractivity contribution in [2.75, 3.05) is 11.9 Å². The van der Waals surface area contributed by atoms with E-state index in [0.29, 0.717) is 11.1 Å². The van der Waals surface area contributed by atoms with Gasteiger partial charge in [-0.25, -0.2) is 0 Å². The molecule has 19 heavy (non-hydrogen) atoms. The van der Waals surface area contributed by atoms with E-state index in [4.69, 9.17) is 11.6 Å². The highest BCUT2D eigenvalue weighted by atomic mass is 79.9. The van der Waals surface area contributed by atoms with Gasteiger partial charge in [-0.2, -0.15) is 0 Å². The van der Waals surface area contributed by atoms with Crippen LogP contribution in [0.25, 0.3) is 0 Å². The van der Waals surface area contributed by atoms with Crippen molar-refractivity contribution >= 4 is 39.1 Å². The van der Waals surface area contributed by atoms with E-state index in [9.17, 15) is 4.79 Å². The number of anilines is 1. The summed E-state index contributed by atoms with van der Waals surface area (Å²) in [6.07, 6.45) is 5.96. The topological polar surface area (TPSA) is 41.1 Å². The van der Waals surface area contributed by atoms with Crippen molar-refractivity contribution in [3.63, 3.8) is 0 Å². The molecule has 1 aromatic rings. The van der Waals surface area contributed by atoms with Crippen LogP contribution in [-0.4, -0.2) is 18.5 Å². The monoisotopic (exact) mass is 344 g/mol. The first-order valence-corrected chi connectivity index (χ1v) is 7.80. The maximum Gasteiger partial charge on any atom is 0.239 e. The molecule has 0 saturated heterocycles. The molecule has 1 saturated carbocycles. The number of hydrogen-bond donors (Lipinski definition) is 2. The molecule has 3 nitrogen and oxygen atoms in total. The van der Waals surface area contributed by atoms with Crippen LogP contribution in [0.2, 0.25) is 5.02 Å². The zero-order chi connectivity index (χ0) is 13.7. The van der Waals surface area contributed by atoms with Gasteiger partial charge in [0.2, 0.25) is 5.91 Å². The van der Waals surface area contributed by atoms with Crippen molar-refractivity contribution in [1.82, 2.24) is 5.32 Å². The highest BCUT2D eigenvalue weighted by molar-refractivity contribution is 9.10. The lowest BCUT2D eigenvalue weighted by Crippen LogP contribution is -2.39. The number of hydrogen-bond acceptors (Lipinski definition) is 2. The maximum atomic E-state index is 11.8. The van der Waals surface area contributed by atoms with E-state index in [1.54, 1.807) is 6.07 Å². The number of carbonyl (C=O) groups excluding carboxylic acids is 1. The van der Waals surface area contributed by atoms with Gasteiger partial charge in [0, 0.05) is 21.2 Å². The third-order valence-corrected chi connectivity index (χ3v) is 4.23. The van der Waals surface area contributed by atoms with E-state index in [-0.39, 0.29) is 12.5 Å². The Balaban J connectivity index is 1.79. The fourth-order valence-corrected chi connectivity index (χ4v) is 3.16. The van der Waals surface area contributed by atoms with Crippen molar-refractivity contribution in [1.29, 1.82) is 0 Å². The van der Waals surface area contributed by atoms with E-state index < -0.39 is 0 Å². The van der Waals surface area contributed by atoms with Gasteiger partial charge in [-0.1, -0.05) is 30.9 Å². The van der Waals surface area contributed by atoms with Gasteiger partial charge in [0.25, 0.3) is 0 Å².